The van der Waals surface area contributed by atoms with E-state index in [0.717, 1.165) is 30.9 Å². The van der Waals surface area contributed by atoms with Crippen LogP contribution >= 0.6 is 11.3 Å². The van der Waals surface area contributed by atoms with Crippen molar-refractivity contribution in [3.8, 4) is 0 Å². The van der Waals surface area contributed by atoms with Gasteiger partial charge in [0.1, 0.15) is 12.1 Å². The minimum absolute atomic E-state index is 0.854. The molecule has 0 unspecified atom stereocenters. The zero-order valence-electron chi connectivity index (χ0n) is 10.7. The first-order valence-corrected chi connectivity index (χ1v) is 7.14. The second kappa shape index (κ2) is 5.36. The van der Waals surface area contributed by atoms with Crippen LogP contribution in [0.1, 0.15) is 16.8 Å². The van der Waals surface area contributed by atoms with E-state index in [2.05, 4.69) is 27.4 Å². The van der Waals surface area contributed by atoms with Crippen molar-refractivity contribution in [2.75, 3.05) is 11.9 Å². The minimum Gasteiger partial charge on any atom is -0.371 e. The van der Waals surface area contributed by atoms with Crippen LogP contribution in [0.2, 0.25) is 0 Å². The Morgan fingerprint density at radius 2 is 2.32 bits per heavy atom. The topological polar surface area (TPSA) is 55.1 Å². The summed E-state index contributed by atoms with van der Waals surface area (Å²) in [5.74, 6) is 1.01. The van der Waals surface area contributed by atoms with Gasteiger partial charge in [0.25, 0.3) is 0 Å². The van der Waals surface area contributed by atoms with Gasteiger partial charge < -0.3 is 5.32 Å². The Hall–Kier alpha value is -1.95. The van der Waals surface area contributed by atoms with E-state index in [4.69, 9.17) is 0 Å². The van der Waals surface area contributed by atoms with Gasteiger partial charge in [0.15, 0.2) is 5.65 Å². The molecule has 0 amide bonds. The number of rotatable bonds is 5. The number of aromatic nitrogens is 4. The summed E-state index contributed by atoms with van der Waals surface area (Å²) in [5.41, 5.74) is 0.854. The first-order valence-electron chi connectivity index (χ1n) is 6.33. The summed E-state index contributed by atoms with van der Waals surface area (Å²) in [5, 5.41) is 12.5. The van der Waals surface area contributed by atoms with Gasteiger partial charge in [-0.2, -0.15) is 0 Å². The van der Waals surface area contributed by atoms with Crippen LogP contribution in [0.5, 0.6) is 0 Å². The highest BCUT2D eigenvalue weighted by molar-refractivity contribution is 7.11. The monoisotopic (exact) mass is 273 g/mol. The largest absolute Gasteiger partial charge is 0.371 e. The lowest BCUT2D eigenvalue weighted by atomic mass is 10.4. The van der Waals surface area contributed by atoms with Crippen LogP contribution in [0.3, 0.4) is 0 Å². The zero-order valence-corrected chi connectivity index (χ0v) is 11.5. The number of pyridine rings is 1. The van der Waals surface area contributed by atoms with Crippen LogP contribution in [0.25, 0.3) is 5.65 Å². The molecule has 3 rings (SSSR count). The van der Waals surface area contributed by atoms with E-state index in [1.807, 2.05) is 28.8 Å². The summed E-state index contributed by atoms with van der Waals surface area (Å²) in [6.45, 7) is 3.01. The average Bonchev–Trinajstić information content (AvgIpc) is 3.07. The summed E-state index contributed by atoms with van der Waals surface area (Å²) >= 11 is 1.79. The van der Waals surface area contributed by atoms with Crippen LogP contribution in [-0.2, 0) is 12.8 Å². The summed E-state index contributed by atoms with van der Waals surface area (Å²) in [7, 11) is 0. The van der Waals surface area contributed by atoms with Crippen molar-refractivity contribution in [2.45, 2.75) is 19.8 Å². The molecule has 3 heterocycles. The van der Waals surface area contributed by atoms with Gasteiger partial charge in [0.2, 0.25) is 0 Å². The molecule has 0 fully saturated rings. The molecule has 1 N–H and O–H groups in total. The number of fused-ring (bicyclic) bond motifs is 1. The molecule has 3 aromatic heterocycles. The normalized spacial score (nSPS) is 11.0. The molecule has 0 aromatic carbocycles. The fourth-order valence-electron chi connectivity index (χ4n) is 1.92. The number of aryl methyl sites for hydroxylation is 1. The molecule has 0 bridgehead atoms. The van der Waals surface area contributed by atoms with Crippen molar-refractivity contribution in [2.24, 2.45) is 0 Å². The Bertz CT molecular complexity index is 672. The molecule has 0 aliphatic rings. The number of nitrogens with zero attached hydrogens (tertiary/aromatic N) is 4. The molecular weight excluding hydrogens is 258 g/mol. The lowest BCUT2D eigenvalue weighted by Crippen LogP contribution is -2.07. The maximum atomic E-state index is 4.42. The predicted molar refractivity (Wildman–Crippen MR) is 76.7 cm³/mol. The molecule has 6 heteroatoms. The Morgan fingerprint density at radius 1 is 1.37 bits per heavy atom. The van der Waals surface area contributed by atoms with Crippen molar-refractivity contribution in [1.29, 1.82) is 0 Å². The zero-order chi connectivity index (χ0) is 13.1. The average molecular weight is 273 g/mol. The minimum atomic E-state index is 0.854. The van der Waals surface area contributed by atoms with Crippen LogP contribution < -0.4 is 5.32 Å². The van der Waals surface area contributed by atoms with E-state index in [9.17, 15) is 0 Å². The second-order valence-electron chi connectivity index (χ2n) is 4.22. The molecule has 0 saturated heterocycles. The Labute approximate surface area is 115 Å². The summed E-state index contributed by atoms with van der Waals surface area (Å²) < 4.78 is 1.94. The van der Waals surface area contributed by atoms with Crippen molar-refractivity contribution < 1.29 is 0 Å². The van der Waals surface area contributed by atoms with Crippen molar-refractivity contribution in [3.05, 3.63) is 40.6 Å². The van der Waals surface area contributed by atoms with E-state index in [0.29, 0.717) is 0 Å². The van der Waals surface area contributed by atoms with Crippen LogP contribution in [0, 0.1) is 0 Å². The summed E-state index contributed by atoms with van der Waals surface area (Å²) in [6.07, 6.45) is 5.69. The van der Waals surface area contributed by atoms with Crippen molar-refractivity contribution >= 4 is 22.8 Å². The van der Waals surface area contributed by atoms with Gasteiger partial charge in [-0.1, -0.05) is 13.0 Å². The Morgan fingerprint density at radius 3 is 3.16 bits per heavy atom. The highest BCUT2D eigenvalue weighted by atomic mass is 32.1. The summed E-state index contributed by atoms with van der Waals surface area (Å²) in [6, 6.07) is 5.94. The van der Waals surface area contributed by atoms with E-state index in [1.54, 1.807) is 17.7 Å². The first-order chi connectivity index (χ1) is 9.36. The van der Waals surface area contributed by atoms with Gasteiger partial charge in [-0.15, -0.1) is 21.5 Å². The van der Waals surface area contributed by atoms with E-state index in [-0.39, 0.29) is 0 Å². The quantitative estimate of drug-likeness (QED) is 0.775. The summed E-state index contributed by atoms with van der Waals surface area (Å²) in [4.78, 5) is 5.76. The number of nitrogens with one attached hydrogen (secondary N) is 1. The third-order valence-electron chi connectivity index (χ3n) is 2.93. The lowest BCUT2D eigenvalue weighted by molar-refractivity contribution is 0.976. The molecule has 0 aliphatic heterocycles. The van der Waals surface area contributed by atoms with E-state index >= 15 is 0 Å². The third kappa shape index (κ3) is 2.58. The third-order valence-corrected chi connectivity index (χ3v) is 4.13. The SMILES string of the molecule is CCc1cnc(CCNc2cccc3nncn23)s1. The molecular formula is C13H15N5S. The molecule has 0 saturated carbocycles. The van der Waals surface area contributed by atoms with Crippen LogP contribution in [0.4, 0.5) is 5.82 Å². The molecule has 5 nitrogen and oxygen atoms in total. The maximum Gasteiger partial charge on any atom is 0.162 e. The Balaban J connectivity index is 1.64. The van der Waals surface area contributed by atoms with Crippen LogP contribution in [0.15, 0.2) is 30.7 Å². The van der Waals surface area contributed by atoms with Gasteiger partial charge in [-0.05, 0) is 18.6 Å². The van der Waals surface area contributed by atoms with Crippen molar-refractivity contribution in [3.63, 3.8) is 0 Å². The van der Waals surface area contributed by atoms with Gasteiger partial charge in [-0.25, -0.2) is 4.98 Å². The highest BCUT2D eigenvalue weighted by Crippen LogP contribution is 2.14. The number of hydrogen-bond acceptors (Lipinski definition) is 5. The van der Waals surface area contributed by atoms with Crippen LogP contribution in [-0.4, -0.2) is 26.1 Å². The highest BCUT2D eigenvalue weighted by Gasteiger charge is 2.03. The van der Waals surface area contributed by atoms with Gasteiger partial charge in [0, 0.05) is 24.0 Å². The molecule has 0 spiro atoms. The number of thiazole rings is 1. The van der Waals surface area contributed by atoms with Gasteiger partial charge in [-0.3, -0.25) is 4.40 Å². The van der Waals surface area contributed by atoms with Crippen molar-refractivity contribution in [1.82, 2.24) is 19.6 Å². The van der Waals surface area contributed by atoms with Gasteiger partial charge in [0.05, 0.1) is 5.01 Å². The fourth-order valence-corrected chi connectivity index (χ4v) is 2.78. The predicted octanol–water partition coefficient (Wildman–Crippen LogP) is 2.40. The molecule has 0 radical (unpaired) electrons. The lowest BCUT2D eigenvalue weighted by Gasteiger charge is -2.06. The number of hydrogen-bond donors (Lipinski definition) is 1. The second-order valence-corrected chi connectivity index (χ2v) is 5.42. The smallest absolute Gasteiger partial charge is 0.162 e. The van der Waals surface area contributed by atoms with Gasteiger partial charge >= 0.3 is 0 Å². The fraction of sp³-hybridized carbons (Fsp3) is 0.308. The number of anilines is 1. The standard InChI is InChI=1S/C13H15N5S/c1-2-10-8-15-13(19-10)6-7-14-11-4-3-5-12-17-16-9-18(11)12/h3-5,8-9,14H,2,6-7H2,1H3. The van der Waals surface area contributed by atoms with E-state index < -0.39 is 0 Å². The molecule has 98 valence electrons. The molecule has 19 heavy (non-hydrogen) atoms. The Kier molecular flexibility index (Phi) is 3.41. The maximum absolute atomic E-state index is 4.42. The molecule has 3 aromatic rings. The first kappa shape index (κ1) is 12.1. The molecule has 0 aliphatic carbocycles. The van der Waals surface area contributed by atoms with E-state index in [1.165, 1.54) is 9.88 Å². The molecule has 0 atom stereocenters.